The maximum atomic E-state index is 5.54. The van der Waals surface area contributed by atoms with E-state index in [4.69, 9.17) is 9.47 Å². The van der Waals surface area contributed by atoms with Crippen LogP contribution in [0, 0.1) is 5.92 Å². The molecule has 3 unspecified atom stereocenters. The minimum atomic E-state index is 0. The highest BCUT2D eigenvalue weighted by atomic mass is 127. The third-order valence-corrected chi connectivity index (χ3v) is 5.54. The molecule has 0 amide bonds. The van der Waals surface area contributed by atoms with Gasteiger partial charge >= 0.3 is 0 Å². The maximum Gasteiger partial charge on any atom is 0.191 e. The Bertz CT molecular complexity index is 432. The molecule has 2 rings (SSSR count). The van der Waals surface area contributed by atoms with Crippen LogP contribution in [0.1, 0.15) is 27.7 Å². The van der Waals surface area contributed by atoms with Crippen molar-refractivity contribution in [3.63, 3.8) is 0 Å². The molecule has 0 spiro atoms. The average Bonchev–Trinajstić information content (AvgIpc) is 2.65. The van der Waals surface area contributed by atoms with Gasteiger partial charge in [-0.1, -0.05) is 13.8 Å². The van der Waals surface area contributed by atoms with Gasteiger partial charge in [0.2, 0.25) is 0 Å². The highest BCUT2D eigenvalue weighted by molar-refractivity contribution is 14.0. The molecule has 2 heterocycles. The number of aliphatic imine (C=N–C) groups is 1. The number of hydrogen-bond donors (Lipinski definition) is 2. The molecule has 0 aliphatic carbocycles. The van der Waals surface area contributed by atoms with Gasteiger partial charge in [-0.3, -0.25) is 14.8 Å². The standard InChI is InChI=1S/C19H39N5O2.HI/c1-15(2)18(23-6-9-25-10-7-23)13-22-19(20-5)21-12-16(3)24-8-11-26-14-17(24)4;/h15-18H,6-14H2,1-5H3,(H2,20,21,22);1H. The summed E-state index contributed by atoms with van der Waals surface area (Å²) in [4.78, 5) is 9.45. The first kappa shape index (κ1) is 24.9. The molecular formula is C19H40IN5O2. The zero-order valence-corrected chi connectivity index (χ0v) is 20.1. The molecule has 0 aromatic carbocycles. The van der Waals surface area contributed by atoms with Crippen molar-refractivity contribution in [2.75, 3.05) is 66.2 Å². The lowest BCUT2D eigenvalue weighted by atomic mass is 10.0. The smallest absolute Gasteiger partial charge is 0.191 e. The molecule has 2 aliphatic heterocycles. The molecule has 2 saturated heterocycles. The number of guanidine groups is 1. The van der Waals surface area contributed by atoms with Gasteiger partial charge in [0.25, 0.3) is 0 Å². The number of rotatable bonds is 7. The number of nitrogens with one attached hydrogen (secondary N) is 2. The number of morpholine rings is 2. The topological polar surface area (TPSA) is 61.4 Å². The van der Waals surface area contributed by atoms with E-state index in [-0.39, 0.29) is 24.0 Å². The van der Waals surface area contributed by atoms with Gasteiger partial charge in [0.1, 0.15) is 0 Å². The molecule has 0 aromatic heterocycles. The van der Waals surface area contributed by atoms with Crippen molar-refractivity contribution in [2.24, 2.45) is 10.9 Å². The molecule has 2 aliphatic rings. The molecular weight excluding hydrogens is 457 g/mol. The van der Waals surface area contributed by atoms with Gasteiger partial charge in [0.15, 0.2) is 5.96 Å². The number of halogens is 1. The lowest BCUT2D eigenvalue weighted by molar-refractivity contribution is -0.0174. The number of hydrogen-bond acceptors (Lipinski definition) is 5. The summed E-state index contributed by atoms with van der Waals surface area (Å²) in [5, 5.41) is 7.03. The summed E-state index contributed by atoms with van der Waals surface area (Å²) in [6.45, 7) is 17.2. The Morgan fingerprint density at radius 1 is 1.04 bits per heavy atom. The van der Waals surface area contributed by atoms with Crippen LogP contribution in [0.3, 0.4) is 0 Å². The normalized spacial score (nSPS) is 25.0. The highest BCUT2D eigenvalue weighted by Crippen LogP contribution is 2.12. The Labute approximate surface area is 182 Å². The second kappa shape index (κ2) is 13.1. The van der Waals surface area contributed by atoms with E-state index < -0.39 is 0 Å². The SMILES string of the molecule is CN=C(NCC(C(C)C)N1CCOCC1)NCC(C)N1CCOCC1C.I. The summed E-state index contributed by atoms with van der Waals surface area (Å²) in [6, 6.07) is 1.42. The summed E-state index contributed by atoms with van der Waals surface area (Å²) in [6.07, 6.45) is 0. The van der Waals surface area contributed by atoms with Crippen LogP contribution >= 0.6 is 24.0 Å². The Hall–Kier alpha value is -0.160. The summed E-state index contributed by atoms with van der Waals surface area (Å²) < 4.78 is 11.0. The van der Waals surface area contributed by atoms with Gasteiger partial charge in [-0.15, -0.1) is 24.0 Å². The van der Waals surface area contributed by atoms with E-state index in [0.29, 0.717) is 24.0 Å². The summed E-state index contributed by atoms with van der Waals surface area (Å²) in [5.74, 6) is 1.48. The van der Waals surface area contributed by atoms with Crippen LogP contribution in [-0.4, -0.2) is 100 Å². The summed E-state index contributed by atoms with van der Waals surface area (Å²) in [5.41, 5.74) is 0. The number of ether oxygens (including phenoxy) is 2. The second-order valence-corrected chi connectivity index (χ2v) is 7.80. The lowest BCUT2D eigenvalue weighted by Crippen LogP contribution is -2.55. The van der Waals surface area contributed by atoms with Crippen molar-refractivity contribution in [3.8, 4) is 0 Å². The molecule has 0 saturated carbocycles. The molecule has 0 radical (unpaired) electrons. The third-order valence-electron chi connectivity index (χ3n) is 5.54. The van der Waals surface area contributed by atoms with E-state index in [1.807, 2.05) is 7.05 Å². The largest absolute Gasteiger partial charge is 0.379 e. The van der Waals surface area contributed by atoms with Gasteiger partial charge in [0.05, 0.1) is 26.4 Å². The first-order chi connectivity index (χ1) is 12.5. The monoisotopic (exact) mass is 497 g/mol. The average molecular weight is 497 g/mol. The van der Waals surface area contributed by atoms with Gasteiger partial charge in [0, 0.05) is 57.9 Å². The van der Waals surface area contributed by atoms with E-state index in [1.165, 1.54) is 0 Å². The van der Waals surface area contributed by atoms with Crippen LogP contribution in [0.25, 0.3) is 0 Å². The maximum absolute atomic E-state index is 5.54. The van der Waals surface area contributed by atoms with Crippen LogP contribution in [0.5, 0.6) is 0 Å². The van der Waals surface area contributed by atoms with E-state index in [2.05, 4.69) is 53.1 Å². The Morgan fingerprint density at radius 3 is 2.26 bits per heavy atom. The quantitative estimate of drug-likeness (QED) is 0.314. The molecule has 8 heteroatoms. The molecule has 2 N–H and O–H groups in total. The fraction of sp³-hybridized carbons (Fsp3) is 0.947. The Balaban J connectivity index is 0.00000364. The van der Waals surface area contributed by atoms with Crippen molar-refractivity contribution >= 4 is 29.9 Å². The summed E-state index contributed by atoms with van der Waals surface area (Å²) in [7, 11) is 1.84. The minimum absolute atomic E-state index is 0. The van der Waals surface area contributed by atoms with Crippen LogP contribution in [0.15, 0.2) is 4.99 Å². The zero-order valence-electron chi connectivity index (χ0n) is 17.7. The molecule has 160 valence electrons. The predicted molar refractivity (Wildman–Crippen MR) is 122 cm³/mol. The fourth-order valence-electron chi connectivity index (χ4n) is 3.87. The molecule has 3 atom stereocenters. The zero-order chi connectivity index (χ0) is 18.9. The first-order valence-electron chi connectivity index (χ1n) is 10.1. The predicted octanol–water partition coefficient (Wildman–Crippen LogP) is 1.24. The van der Waals surface area contributed by atoms with E-state index in [1.54, 1.807) is 0 Å². The van der Waals surface area contributed by atoms with Gasteiger partial charge in [-0.05, 0) is 19.8 Å². The van der Waals surface area contributed by atoms with Crippen molar-refractivity contribution in [2.45, 2.75) is 45.8 Å². The lowest BCUT2D eigenvalue weighted by Gasteiger charge is -2.38. The van der Waals surface area contributed by atoms with Gasteiger partial charge in [-0.25, -0.2) is 0 Å². The molecule has 0 aromatic rings. The van der Waals surface area contributed by atoms with Crippen molar-refractivity contribution in [1.29, 1.82) is 0 Å². The molecule has 0 bridgehead atoms. The Morgan fingerprint density at radius 2 is 1.67 bits per heavy atom. The van der Waals surface area contributed by atoms with E-state index in [0.717, 1.165) is 65.1 Å². The van der Waals surface area contributed by atoms with Gasteiger partial charge in [-0.2, -0.15) is 0 Å². The van der Waals surface area contributed by atoms with Crippen molar-refractivity contribution < 1.29 is 9.47 Å². The third kappa shape index (κ3) is 8.00. The van der Waals surface area contributed by atoms with Crippen LogP contribution < -0.4 is 10.6 Å². The molecule has 2 fully saturated rings. The first-order valence-corrected chi connectivity index (χ1v) is 10.1. The van der Waals surface area contributed by atoms with Gasteiger partial charge < -0.3 is 20.1 Å². The van der Waals surface area contributed by atoms with Crippen molar-refractivity contribution in [3.05, 3.63) is 0 Å². The van der Waals surface area contributed by atoms with E-state index in [9.17, 15) is 0 Å². The fourth-order valence-corrected chi connectivity index (χ4v) is 3.87. The van der Waals surface area contributed by atoms with Crippen molar-refractivity contribution in [1.82, 2.24) is 20.4 Å². The summed E-state index contributed by atoms with van der Waals surface area (Å²) >= 11 is 0. The van der Waals surface area contributed by atoms with Crippen LogP contribution in [-0.2, 0) is 9.47 Å². The van der Waals surface area contributed by atoms with E-state index >= 15 is 0 Å². The highest BCUT2D eigenvalue weighted by Gasteiger charge is 2.25. The second-order valence-electron chi connectivity index (χ2n) is 7.80. The molecule has 27 heavy (non-hydrogen) atoms. The Kier molecular flexibility index (Phi) is 12.1. The van der Waals surface area contributed by atoms with Crippen LogP contribution in [0.2, 0.25) is 0 Å². The molecule has 7 nitrogen and oxygen atoms in total. The minimum Gasteiger partial charge on any atom is -0.379 e. The van der Waals surface area contributed by atoms with Crippen LogP contribution in [0.4, 0.5) is 0 Å². The number of nitrogens with zero attached hydrogens (tertiary/aromatic N) is 3.